The van der Waals surface area contributed by atoms with Crippen LogP contribution in [0, 0.1) is 5.92 Å². The van der Waals surface area contributed by atoms with Crippen LogP contribution in [0.1, 0.15) is 19.3 Å². The van der Waals surface area contributed by atoms with E-state index in [1.165, 1.54) is 0 Å². The fourth-order valence-electron chi connectivity index (χ4n) is 3.02. The molecule has 0 bridgehead atoms. The Labute approximate surface area is 117 Å². The molecule has 3 rings (SSSR count). The van der Waals surface area contributed by atoms with Gasteiger partial charge in [-0.2, -0.15) is 9.97 Å². The summed E-state index contributed by atoms with van der Waals surface area (Å²) in [5.74, 6) is 2.14. The average Bonchev–Trinajstić information content (AvgIpc) is 2.46. The molecule has 7 nitrogen and oxygen atoms in total. The first-order valence-corrected chi connectivity index (χ1v) is 6.88. The quantitative estimate of drug-likeness (QED) is 0.800. The molecular formula is C13H19N5O2. The van der Waals surface area contributed by atoms with Gasteiger partial charge in [-0.1, -0.05) is 0 Å². The monoisotopic (exact) mass is 277 g/mol. The van der Waals surface area contributed by atoms with E-state index in [1.807, 2.05) is 0 Å². The highest BCUT2D eigenvalue weighted by atomic mass is 16.5. The summed E-state index contributed by atoms with van der Waals surface area (Å²) in [5.41, 5.74) is 5.71. The summed E-state index contributed by atoms with van der Waals surface area (Å²) in [6, 6.07) is 2.10. The van der Waals surface area contributed by atoms with E-state index < -0.39 is 0 Å². The average molecular weight is 277 g/mol. The maximum absolute atomic E-state index is 11.4. The summed E-state index contributed by atoms with van der Waals surface area (Å²) in [4.78, 5) is 21.9. The molecule has 3 N–H and O–H groups in total. The summed E-state index contributed by atoms with van der Waals surface area (Å²) >= 11 is 0. The van der Waals surface area contributed by atoms with E-state index in [1.54, 1.807) is 13.2 Å². The number of nitrogens with one attached hydrogen (secondary N) is 1. The Morgan fingerprint density at radius 2 is 2.30 bits per heavy atom. The normalized spacial score (nSPS) is 25.9. The smallest absolute Gasteiger partial charge is 0.225 e. The number of nitrogens with zero attached hydrogens (tertiary/aromatic N) is 3. The highest BCUT2D eigenvalue weighted by molar-refractivity contribution is 5.77. The van der Waals surface area contributed by atoms with Crippen molar-refractivity contribution in [2.45, 2.75) is 25.3 Å². The number of hydrogen-bond donors (Lipinski definition) is 2. The fourth-order valence-corrected chi connectivity index (χ4v) is 3.02. The summed E-state index contributed by atoms with van der Waals surface area (Å²) in [5, 5.41) is 3.08. The molecule has 1 amide bonds. The van der Waals surface area contributed by atoms with Crippen LogP contribution < -0.4 is 20.7 Å². The van der Waals surface area contributed by atoms with Gasteiger partial charge in [0.15, 0.2) is 0 Å². The van der Waals surface area contributed by atoms with Gasteiger partial charge in [-0.05, 0) is 18.8 Å². The molecule has 0 aliphatic carbocycles. The zero-order valence-electron chi connectivity index (χ0n) is 11.5. The number of nitrogen functional groups attached to an aromatic ring is 1. The summed E-state index contributed by atoms with van der Waals surface area (Å²) < 4.78 is 5.13. The van der Waals surface area contributed by atoms with Crippen molar-refractivity contribution in [3.63, 3.8) is 0 Å². The number of hydrogen-bond acceptors (Lipinski definition) is 6. The minimum Gasteiger partial charge on any atom is -0.481 e. The van der Waals surface area contributed by atoms with E-state index in [4.69, 9.17) is 10.5 Å². The van der Waals surface area contributed by atoms with Gasteiger partial charge in [-0.15, -0.1) is 0 Å². The molecule has 7 heteroatoms. The zero-order valence-corrected chi connectivity index (χ0v) is 11.5. The number of piperidine rings is 2. The molecule has 2 atom stereocenters. The van der Waals surface area contributed by atoms with Crippen LogP contribution in [0.2, 0.25) is 0 Å². The van der Waals surface area contributed by atoms with Crippen LogP contribution >= 0.6 is 0 Å². The van der Waals surface area contributed by atoms with Crippen molar-refractivity contribution < 1.29 is 9.53 Å². The molecule has 0 saturated carbocycles. The van der Waals surface area contributed by atoms with Crippen molar-refractivity contribution in [1.29, 1.82) is 0 Å². The molecule has 2 fully saturated rings. The highest BCUT2D eigenvalue weighted by Gasteiger charge is 2.34. The molecule has 0 aromatic carbocycles. The maximum atomic E-state index is 11.4. The van der Waals surface area contributed by atoms with Crippen LogP contribution in [0.15, 0.2) is 6.07 Å². The molecule has 3 heterocycles. The van der Waals surface area contributed by atoms with E-state index >= 15 is 0 Å². The van der Waals surface area contributed by atoms with Crippen LogP contribution in [-0.4, -0.2) is 42.1 Å². The van der Waals surface area contributed by atoms with Crippen LogP contribution in [-0.2, 0) is 4.79 Å². The van der Waals surface area contributed by atoms with E-state index in [0.717, 1.165) is 31.7 Å². The number of carbonyl (C=O) groups excluding carboxylic acids is 1. The Morgan fingerprint density at radius 3 is 3.10 bits per heavy atom. The number of anilines is 2. The molecule has 20 heavy (non-hydrogen) atoms. The van der Waals surface area contributed by atoms with Crippen molar-refractivity contribution in [3.8, 4) is 5.88 Å². The number of aromatic nitrogens is 2. The van der Waals surface area contributed by atoms with Gasteiger partial charge in [0.05, 0.1) is 7.11 Å². The van der Waals surface area contributed by atoms with Gasteiger partial charge in [-0.25, -0.2) is 0 Å². The van der Waals surface area contributed by atoms with E-state index in [-0.39, 0.29) is 11.9 Å². The molecule has 1 aromatic heterocycles. The molecule has 2 unspecified atom stereocenters. The first-order valence-electron chi connectivity index (χ1n) is 6.88. The number of amides is 1. The second-order valence-electron chi connectivity index (χ2n) is 5.33. The molecule has 2 saturated heterocycles. The number of nitrogens with two attached hydrogens (primary N) is 1. The lowest BCUT2D eigenvalue weighted by Crippen LogP contribution is -2.54. The zero-order chi connectivity index (χ0) is 14.1. The molecule has 0 spiro atoms. The third-order valence-corrected chi connectivity index (χ3v) is 4.06. The van der Waals surface area contributed by atoms with Crippen LogP contribution in [0.25, 0.3) is 0 Å². The largest absolute Gasteiger partial charge is 0.481 e. The lowest BCUT2D eigenvalue weighted by Gasteiger charge is -2.41. The minimum absolute atomic E-state index is 0.174. The lowest BCUT2D eigenvalue weighted by atomic mass is 9.85. The minimum atomic E-state index is 0.174. The molecule has 2 aliphatic heterocycles. The van der Waals surface area contributed by atoms with Crippen molar-refractivity contribution in [2.24, 2.45) is 5.92 Å². The van der Waals surface area contributed by atoms with Crippen molar-refractivity contribution in [3.05, 3.63) is 6.07 Å². The predicted molar refractivity (Wildman–Crippen MR) is 74.5 cm³/mol. The SMILES string of the molecule is COc1cc(N2CCC3NC(=O)CCC3C2)nc(N)n1. The number of fused-ring (bicyclic) bond motifs is 1. The lowest BCUT2D eigenvalue weighted by molar-refractivity contribution is -0.124. The number of carbonyl (C=O) groups is 1. The molecule has 0 radical (unpaired) electrons. The Balaban J connectivity index is 1.76. The third-order valence-electron chi connectivity index (χ3n) is 4.06. The Kier molecular flexibility index (Phi) is 3.33. The second-order valence-corrected chi connectivity index (χ2v) is 5.33. The van der Waals surface area contributed by atoms with Crippen molar-refractivity contribution in [2.75, 3.05) is 30.8 Å². The second kappa shape index (κ2) is 5.15. The van der Waals surface area contributed by atoms with E-state index in [9.17, 15) is 4.79 Å². The van der Waals surface area contributed by atoms with Gasteiger partial charge in [-0.3, -0.25) is 4.79 Å². The molecule has 1 aromatic rings. The molecular weight excluding hydrogens is 258 g/mol. The maximum Gasteiger partial charge on any atom is 0.225 e. The van der Waals surface area contributed by atoms with E-state index in [0.29, 0.717) is 24.3 Å². The third kappa shape index (κ3) is 2.48. The summed E-state index contributed by atoms with van der Waals surface area (Å²) in [6.45, 7) is 1.73. The summed E-state index contributed by atoms with van der Waals surface area (Å²) in [6.07, 6.45) is 2.48. The Hall–Kier alpha value is -2.05. The number of rotatable bonds is 2. The predicted octanol–water partition coefficient (Wildman–Crippen LogP) is 0.172. The van der Waals surface area contributed by atoms with Gasteiger partial charge in [0, 0.05) is 31.6 Å². The van der Waals surface area contributed by atoms with Gasteiger partial charge in [0.1, 0.15) is 5.82 Å². The molecule has 108 valence electrons. The summed E-state index contributed by atoms with van der Waals surface area (Å²) in [7, 11) is 1.56. The Morgan fingerprint density at radius 1 is 1.45 bits per heavy atom. The van der Waals surface area contributed by atoms with Crippen LogP contribution in [0.4, 0.5) is 11.8 Å². The van der Waals surface area contributed by atoms with E-state index in [2.05, 4.69) is 20.2 Å². The van der Waals surface area contributed by atoms with Gasteiger partial charge in [0.2, 0.25) is 17.7 Å². The van der Waals surface area contributed by atoms with Gasteiger partial charge < -0.3 is 20.7 Å². The topological polar surface area (TPSA) is 93.4 Å². The fraction of sp³-hybridized carbons (Fsp3) is 0.615. The van der Waals surface area contributed by atoms with Gasteiger partial charge >= 0.3 is 0 Å². The first-order chi connectivity index (χ1) is 9.65. The van der Waals surface area contributed by atoms with Gasteiger partial charge in [0.25, 0.3) is 0 Å². The van der Waals surface area contributed by atoms with Crippen molar-refractivity contribution >= 4 is 17.7 Å². The first kappa shape index (κ1) is 13.0. The number of ether oxygens (including phenoxy) is 1. The Bertz CT molecular complexity index is 521. The van der Waals surface area contributed by atoms with Crippen LogP contribution in [0.3, 0.4) is 0 Å². The standard InChI is InChI=1S/C13H19N5O2/c1-20-12-6-10(16-13(14)17-12)18-5-4-9-8(7-18)2-3-11(19)15-9/h6,8-9H,2-5,7H2,1H3,(H,15,19)(H2,14,16,17). The van der Waals surface area contributed by atoms with Crippen molar-refractivity contribution in [1.82, 2.24) is 15.3 Å². The highest BCUT2D eigenvalue weighted by Crippen LogP contribution is 2.29. The van der Waals surface area contributed by atoms with Crippen LogP contribution in [0.5, 0.6) is 5.88 Å². The number of methoxy groups -OCH3 is 1. The molecule has 2 aliphatic rings.